The smallest absolute Gasteiger partial charge is 0.335 e. The van der Waals surface area contributed by atoms with Gasteiger partial charge in [0.1, 0.15) is 5.82 Å². The number of halogens is 2. The van der Waals surface area contributed by atoms with E-state index in [4.69, 9.17) is 5.11 Å². The Kier molecular flexibility index (Phi) is 4.43. The summed E-state index contributed by atoms with van der Waals surface area (Å²) in [6.07, 6.45) is 0. The first-order chi connectivity index (χ1) is 9.78. The van der Waals surface area contributed by atoms with Gasteiger partial charge in [-0.2, -0.15) is 0 Å². The molecule has 0 saturated carbocycles. The number of hydrogen-bond donors (Lipinski definition) is 1. The van der Waals surface area contributed by atoms with Gasteiger partial charge in [-0.25, -0.2) is 17.6 Å². The van der Waals surface area contributed by atoms with E-state index in [-0.39, 0.29) is 16.0 Å². The molecule has 2 aromatic carbocycles. The molecule has 2 aromatic rings. The number of carboxylic acids is 1. The topological polar surface area (TPSA) is 71.4 Å². The first-order valence-electron chi connectivity index (χ1n) is 5.79. The fourth-order valence-electron chi connectivity index (χ4n) is 1.82. The molecular formula is C14H10BrFO4S. The molecule has 0 radical (unpaired) electrons. The number of aromatic carboxylic acids is 1. The second-order valence-electron chi connectivity index (χ2n) is 4.37. The highest BCUT2D eigenvalue weighted by atomic mass is 79.9. The second kappa shape index (κ2) is 5.95. The summed E-state index contributed by atoms with van der Waals surface area (Å²) in [5.74, 6) is -2.17. The fourth-order valence-corrected chi connectivity index (χ4v) is 3.70. The van der Waals surface area contributed by atoms with Gasteiger partial charge in [0.15, 0.2) is 9.84 Å². The summed E-state index contributed by atoms with van der Waals surface area (Å²) in [6.45, 7) is 0. The lowest BCUT2D eigenvalue weighted by Crippen LogP contribution is -2.07. The molecule has 4 nitrogen and oxygen atoms in total. The van der Waals surface area contributed by atoms with Crippen molar-refractivity contribution in [3.05, 3.63) is 63.9 Å². The molecule has 0 bridgehead atoms. The Bertz CT molecular complexity index is 782. The number of hydrogen-bond acceptors (Lipinski definition) is 3. The van der Waals surface area contributed by atoms with Gasteiger partial charge >= 0.3 is 5.97 Å². The Labute approximate surface area is 129 Å². The van der Waals surface area contributed by atoms with Gasteiger partial charge in [-0.3, -0.25) is 0 Å². The van der Waals surface area contributed by atoms with Gasteiger partial charge in [-0.1, -0.05) is 22.0 Å². The minimum absolute atomic E-state index is 0.109. The van der Waals surface area contributed by atoms with Crippen LogP contribution in [0.25, 0.3) is 0 Å². The van der Waals surface area contributed by atoms with Crippen molar-refractivity contribution >= 4 is 31.7 Å². The van der Waals surface area contributed by atoms with Crippen molar-refractivity contribution in [3.63, 3.8) is 0 Å². The van der Waals surface area contributed by atoms with Crippen molar-refractivity contribution in [3.8, 4) is 0 Å². The molecule has 0 heterocycles. The zero-order valence-electron chi connectivity index (χ0n) is 10.6. The molecule has 0 atom stereocenters. The zero-order valence-corrected chi connectivity index (χ0v) is 13.0. The molecule has 0 aliphatic rings. The van der Waals surface area contributed by atoms with Gasteiger partial charge in [0.2, 0.25) is 0 Å². The van der Waals surface area contributed by atoms with Crippen LogP contribution in [0.15, 0.2) is 51.8 Å². The van der Waals surface area contributed by atoms with Crippen molar-refractivity contribution in [2.24, 2.45) is 0 Å². The Hall–Kier alpha value is -1.73. The van der Waals surface area contributed by atoms with Crippen molar-refractivity contribution in [1.29, 1.82) is 0 Å². The van der Waals surface area contributed by atoms with Gasteiger partial charge in [0.05, 0.1) is 16.2 Å². The van der Waals surface area contributed by atoms with Crippen LogP contribution in [0.4, 0.5) is 4.39 Å². The normalized spacial score (nSPS) is 11.3. The van der Waals surface area contributed by atoms with E-state index in [9.17, 15) is 17.6 Å². The molecule has 0 aliphatic carbocycles. The molecule has 0 aliphatic heterocycles. The third-order valence-corrected chi connectivity index (χ3v) is 4.86. The quantitative estimate of drug-likeness (QED) is 0.893. The predicted octanol–water partition coefficient (Wildman–Crippen LogP) is 3.26. The van der Waals surface area contributed by atoms with E-state index in [1.807, 2.05) is 0 Å². The maximum absolute atomic E-state index is 13.3. The van der Waals surface area contributed by atoms with Gasteiger partial charge in [0, 0.05) is 4.47 Å². The molecule has 0 aromatic heterocycles. The van der Waals surface area contributed by atoms with Crippen molar-refractivity contribution in [2.45, 2.75) is 10.6 Å². The zero-order chi connectivity index (χ0) is 15.6. The average molecular weight is 373 g/mol. The summed E-state index contributed by atoms with van der Waals surface area (Å²) in [7, 11) is -3.75. The third-order valence-electron chi connectivity index (χ3n) is 2.72. The maximum Gasteiger partial charge on any atom is 0.335 e. The minimum Gasteiger partial charge on any atom is -0.478 e. The number of benzene rings is 2. The first-order valence-corrected chi connectivity index (χ1v) is 8.23. The number of sulfone groups is 1. The molecule has 0 saturated heterocycles. The standard InChI is InChI=1S/C14H10BrFO4S/c15-11-4-9(5-12(16)7-11)8-21(19,20)13-3-1-2-10(6-13)14(17)18/h1-7H,8H2,(H,17,18). The first kappa shape index (κ1) is 15.7. The van der Waals surface area contributed by atoms with E-state index in [2.05, 4.69) is 15.9 Å². The van der Waals surface area contributed by atoms with E-state index in [1.165, 1.54) is 30.3 Å². The lowest BCUT2D eigenvalue weighted by atomic mass is 10.2. The van der Waals surface area contributed by atoms with Crippen LogP contribution in [0, 0.1) is 5.82 Å². The molecule has 0 spiro atoms. The summed E-state index contributed by atoms with van der Waals surface area (Å²) >= 11 is 3.09. The molecule has 0 amide bonds. The van der Waals surface area contributed by atoms with Gasteiger partial charge in [-0.05, 0) is 42.0 Å². The Morgan fingerprint density at radius 3 is 2.52 bits per heavy atom. The molecule has 1 N–H and O–H groups in total. The molecule has 21 heavy (non-hydrogen) atoms. The third kappa shape index (κ3) is 3.89. The van der Waals surface area contributed by atoms with Gasteiger partial charge < -0.3 is 5.11 Å². The highest BCUT2D eigenvalue weighted by Crippen LogP contribution is 2.21. The number of carboxylic acid groups (broad SMARTS) is 1. The number of rotatable bonds is 4. The van der Waals surface area contributed by atoms with E-state index in [0.717, 1.165) is 12.1 Å². The monoisotopic (exact) mass is 372 g/mol. The molecule has 0 fully saturated rings. The SMILES string of the molecule is O=C(O)c1cccc(S(=O)(=O)Cc2cc(F)cc(Br)c2)c1. The van der Waals surface area contributed by atoms with Gasteiger partial charge in [0.25, 0.3) is 0 Å². The van der Waals surface area contributed by atoms with Crippen LogP contribution in [0.5, 0.6) is 0 Å². The van der Waals surface area contributed by atoms with Crippen molar-refractivity contribution in [1.82, 2.24) is 0 Å². The summed E-state index contributed by atoms with van der Waals surface area (Å²) in [5.41, 5.74) is 0.166. The maximum atomic E-state index is 13.3. The van der Waals surface area contributed by atoms with E-state index in [1.54, 1.807) is 0 Å². The van der Waals surface area contributed by atoms with Crippen LogP contribution >= 0.6 is 15.9 Å². The predicted molar refractivity (Wildman–Crippen MR) is 78.4 cm³/mol. The van der Waals surface area contributed by atoms with Crippen LogP contribution in [-0.2, 0) is 15.6 Å². The number of carbonyl (C=O) groups is 1. The Morgan fingerprint density at radius 2 is 1.90 bits per heavy atom. The Morgan fingerprint density at radius 1 is 1.19 bits per heavy atom. The molecule has 0 unspecified atom stereocenters. The average Bonchev–Trinajstić information content (AvgIpc) is 2.37. The highest BCUT2D eigenvalue weighted by molar-refractivity contribution is 9.10. The Balaban J connectivity index is 2.38. The molecule has 2 rings (SSSR count). The second-order valence-corrected chi connectivity index (χ2v) is 7.28. The van der Waals surface area contributed by atoms with Crippen LogP contribution in [0.3, 0.4) is 0 Å². The largest absolute Gasteiger partial charge is 0.478 e. The van der Waals surface area contributed by atoms with Crippen LogP contribution in [0.1, 0.15) is 15.9 Å². The van der Waals surface area contributed by atoms with Crippen LogP contribution < -0.4 is 0 Å². The molecule has 110 valence electrons. The highest BCUT2D eigenvalue weighted by Gasteiger charge is 2.18. The molecule has 7 heteroatoms. The minimum atomic E-state index is -3.75. The lowest BCUT2D eigenvalue weighted by molar-refractivity contribution is 0.0696. The van der Waals surface area contributed by atoms with Crippen molar-refractivity contribution < 1.29 is 22.7 Å². The van der Waals surface area contributed by atoms with Crippen molar-refractivity contribution in [2.75, 3.05) is 0 Å². The van der Waals surface area contributed by atoms with Crippen LogP contribution in [-0.4, -0.2) is 19.5 Å². The van der Waals surface area contributed by atoms with E-state index >= 15 is 0 Å². The lowest BCUT2D eigenvalue weighted by Gasteiger charge is -2.06. The summed E-state index contributed by atoms with van der Waals surface area (Å²) in [5, 5.41) is 8.89. The van der Waals surface area contributed by atoms with Gasteiger partial charge in [-0.15, -0.1) is 0 Å². The summed E-state index contributed by atoms with van der Waals surface area (Å²) < 4.78 is 38.2. The fraction of sp³-hybridized carbons (Fsp3) is 0.0714. The summed E-state index contributed by atoms with van der Waals surface area (Å²) in [4.78, 5) is 10.8. The van der Waals surface area contributed by atoms with E-state index in [0.29, 0.717) is 4.47 Å². The van der Waals surface area contributed by atoms with E-state index < -0.39 is 27.4 Å². The summed E-state index contributed by atoms with van der Waals surface area (Å²) in [6, 6.07) is 8.92. The van der Waals surface area contributed by atoms with Crippen LogP contribution in [0.2, 0.25) is 0 Å². The molecular weight excluding hydrogens is 363 g/mol.